The van der Waals surface area contributed by atoms with Gasteiger partial charge in [-0.15, -0.1) is 0 Å². The number of carbonyl (C=O) groups is 2. The molecule has 9 heteroatoms. The number of likely N-dealkylation sites (tertiary alicyclic amines) is 1. The number of aryl methyl sites for hydroxylation is 1. The summed E-state index contributed by atoms with van der Waals surface area (Å²) in [5.74, 6) is -0.238. The van der Waals surface area contributed by atoms with Crippen molar-refractivity contribution in [3.63, 3.8) is 0 Å². The minimum absolute atomic E-state index is 0.182. The highest BCUT2D eigenvalue weighted by atomic mass is 35.5. The van der Waals surface area contributed by atoms with E-state index in [1.165, 1.54) is 6.07 Å². The maximum Gasteiger partial charge on any atom is 0.241 e. The predicted molar refractivity (Wildman–Crippen MR) is 121 cm³/mol. The van der Waals surface area contributed by atoms with Gasteiger partial charge in [0.2, 0.25) is 21.8 Å². The van der Waals surface area contributed by atoms with Crippen LogP contribution >= 0.6 is 11.6 Å². The Hall–Kier alpha value is -2.58. The summed E-state index contributed by atoms with van der Waals surface area (Å²) in [6.45, 7) is 3.08. The van der Waals surface area contributed by atoms with Crippen molar-refractivity contribution in [2.45, 2.75) is 32.9 Å². The average Bonchev–Trinajstić information content (AvgIpc) is 3.11. The molecule has 0 aromatic heterocycles. The maximum atomic E-state index is 12.5. The van der Waals surface area contributed by atoms with Gasteiger partial charge in [-0.1, -0.05) is 41.9 Å². The van der Waals surface area contributed by atoms with Crippen molar-refractivity contribution in [3.05, 3.63) is 64.2 Å². The largest absolute Gasteiger partial charge is 0.350 e. The van der Waals surface area contributed by atoms with Crippen molar-refractivity contribution in [2.24, 2.45) is 0 Å². The fourth-order valence-electron chi connectivity index (χ4n) is 3.47. The third-order valence-electron chi connectivity index (χ3n) is 5.18. The van der Waals surface area contributed by atoms with Crippen molar-refractivity contribution in [1.82, 2.24) is 10.2 Å². The second-order valence-corrected chi connectivity index (χ2v) is 10.1. The monoisotopic (exact) mass is 463 g/mol. The van der Waals surface area contributed by atoms with Crippen molar-refractivity contribution in [2.75, 3.05) is 23.7 Å². The lowest BCUT2D eigenvalue weighted by atomic mass is 10.1. The SMILES string of the molecule is Cc1ccc(Cl)cc1N(CC(=O)NCc1ccc(CN2CCCC2=O)cc1)S(C)(=O)=O. The van der Waals surface area contributed by atoms with Crippen LogP contribution in [0.3, 0.4) is 0 Å². The lowest BCUT2D eigenvalue weighted by Gasteiger charge is -2.24. The molecule has 2 aromatic rings. The predicted octanol–water partition coefficient (Wildman–Crippen LogP) is 2.85. The van der Waals surface area contributed by atoms with Crippen LogP contribution in [0.2, 0.25) is 5.02 Å². The Morgan fingerprint density at radius 1 is 1.16 bits per heavy atom. The summed E-state index contributed by atoms with van der Waals surface area (Å²) in [5, 5.41) is 3.16. The summed E-state index contributed by atoms with van der Waals surface area (Å²) in [7, 11) is -3.68. The molecule has 166 valence electrons. The molecule has 1 aliphatic heterocycles. The summed E-state index contributed by atoms with van der Waals surface area (Å²) in [5.41, 5.74) is 3.00. The molecule has 0 aliphatic carbocycles. The minimum Gasteiger partial charge on any atom is -0.350 e. The molecule has 0 spiro atoms. The van der Waals surface area contributed by atoms with Crippen molar-refractivity contribution in [3.8, 4) is 0 Å². The van der Waals surface area contributed by atoms with E-state index in [2.05, 4.69) is 5.32 Å². The maximum absolute atomic E-state index is 12.5. The number of nitrogens with zero attached hydrogens (tertiary/aromatic N) is 2. The van der Waals surface area contributed by atoms with Crippen LogP contribution in [-0.4, -0.2) is 44.5 Å². The fourth-order valence-corrected chi connectivity index (χ4v) is 4.55. The van der Waals surface area contributed by atoms with E-state index in [0.29, 0.717) is 29.2 Å². The summed E-state index contributed by atoms with van der Waals surface area (Å²) in [6.07, 6.45) is 2.58. The number of carbonyl (C=O) groups excluding carboxylic acids is 2. The van der Waals surface area contributed by atoms with Crippen LogP contribution in [0.5, 0.6) is 0 Å². The zero-order valence-corrected chi connectivity index (χ0v) is 19.2. The first-order valence-electron chi connectivity index (χ1n) is 9.99. The molecule has 0 atom stereocenters. The first kappa shape index (κ1) is 23.1. The van der Waals surface area contributed by atoms with E-state index >= 15 is 0 Å². The molecule has 1 aliphatic rings. The first-order chi connectivity index (χ1) is 14.6. The molecule has 0 bridgehead atoms. The molecule has 0 unspecified atom stereocenters. The quantitative estimate of drug-likeness (QED) is 0.652. The van der Waals surface area contributed by atoms with E-state index in [4.69, 9.17) is 11.6 Å². The number of sulfonamides is 1. The van der Waals surface area contributed by atoms with Crippen LogP contribution in [0, 0.1) is 6.92 Å². The average molecular weight is 464 g/mol. The molecule has 1 saturated heterocycles. The van der Waals surface area contributed by atoms with E-state index in [0.717, 1.165) is 34.7 Å². The number of rotatable bonds is 8. The van der Waals surface area contributed by atoms with Crippen LogP contribution in [0.25, 0.3) is 0 Å². The smallest absolute Gasteiger partial charge is 0.241 e. The third-order valence-corrected chi connectivity index (χ3v) is 6.55. The number of hydrogen-bond donors (Lipinski definition) is 1. The molecule has 0 saturated carbocycles. The molecular weight excluding hydrogens is 438 g/mol. The zero-order valence-electron chi connectivity index (χ0n) is 17.6. The first-order valence-corrected chi connectivity index (χ1v) is 12.2. The number of halogens is 1. The molecule has 3 rings (SSSR count). The van der Waals surface area contributed by atoms with Crippen LogP contribution in [0.1, 0.15) is 29.5 Å². The van der Waals surface area contributed by atoms with Crippen LogP contribution in [-0.2, 0) is 32.7 Å². The van der Waals surface area contributed by atoms with Gasteiger partial charge in [0.1, 0.15) is 6.54 Å². The van der Waals surface area contributed by atoms with Gasteiger partial charge in [0.25, 0.3) is 0 Å². The number of hydrogen-bond acceptors (Lipinski definition) is 4. The van der Waals surface area contributed by atoms with Gasteiger partial charge in [0.15, 0.2) is 0 Å². The second-order valence-electron chi connectivity index (χ2n) is 7.71. The Labute approximate surface area is 188 Å². The minimum atomic E-state index is -3.68. The zero-order chi connectivity index (χ0) is 22.6. The topological polar surface area (TPSA) is 86.8 Å². The lowest BCUT2D eigenvalue weighted by molar-refractivity contribution is -0.128. The van der Waals surface area contributed by atoms with Crippen molar-refractivity contribution in [1.29, 1.82) is 0 Å². The molecule has 0 radical (unpaired) electrons. The lowest BCUT2D eigenvalue weighted by Crippen LogP contribution is -2.40. The molecular formula is C22H26ClN3O4S. The molecule has 1 N–H and O–H groups in total. The van der Waals surface area contributed by atoms with Crippen molar-refractivity contribution >= 4 is 39.1 Å². The van der Waals surface area contributed by atoms with Gasteiger partial charge in [-0.3, -0.25) is 13.9 Å². The molecule has 31 heavy (non-hydrogen) atoms. The highest BCUT2D eigenvalue weighted by Crippen LogP contribution is 2.26. The van der Waals surface area contributed by atoms with E-state index in [1.807, 2.05) is 29.2 Å². The van der Waals surface area contributed by atoms with Gasteiger partial charge in [0.05, 0.1) is 11.9 Å². The van der Waals surface area contributed by atoms with Crippen molar-refractivity contribution < 1.29 is 18.0 Å². The number of amides is 2. The van der Waals surface area contributed by atoms with Gasteiger partial charge in [-0.25, -0.2) is 8.42 Å². The van der Waals surface area contributed by atoms with Crippen LogP contribution in [0.4, 0.5) is 5.69 Å². The Kier molecular flexibility index (Phi) is 7.23. The van der Waals surface area contributed by atoms with E-state index < -0.39 is 15.9 Å². The molecule has 2 aromatic carbocycles. The highest BCUT2D eigenvalue weighted by molar-refractivity contribution is 7.92. The third kappa shape index (κ3) is 6.21. The van der Waals surface area contributed by atoms with Gasteiger partial charge in [0, 0.05) is 31.1 Å². The summed E-state index contributed by atoms with van der Waals surface area (Å²) < 4.78 is 25.6. The highest BCUT2D eigenvalue weighted by Gasteiger charge is 2.23. The fraction of sp³-hybridized carbons (Fsp3) is 0.364. The van der Waals surface area contributed by atoms with Crippen LogP contribution < -0.4 is 9.62 Å². The normalized spacial score (nSPS) is 14.0. The summed E-state index contributed by atoms with van der Waals surface area (Å²) in [4.78, 5) is 26.1. The second kappa shape index (κ2) is 9.70. The van der Waals surface area contributed by atoms with Gasteiger partial charge < -0.3 is 10.2 Å². The van der Waals surface area contributed by atoms with E-state index in [9.17, 15) is 18.0 Å². The summed E-state index contributed by atoms with van der Waals surface area (Å²) >= 11 is 6.02. The standard InChI is InChI=1S/C22H26ClN3O4S/c1-16-5-10-19(23)12-20(16)26(31(2,29)30)15-21(27)24-13-17-6-8-18(9-7-17)14-25-11-3-4-22(25)28/h5-10,12H,3-4,11,13-15H2,1-2H3,(H,24,27). The van der Waals surface area contributed by atoms with Crippen LogP contribution in [0.15, 0.2) is 42.5 Å². The van der Waals surface area contributed by atoms with Gasteiger partial charge in [-0.05, 0) is 42.2 Å². The Morgan fingerprint density at radius 3 is 2.45 bits per heavy atom. The summed E-state index contributed by atoms with van der Waals surface area (Å²) in [6, 6.07) is 12.6. The Balaban J connectivity index is 1.60. The molecule has 1 heterocycles. The van der Waals surface area contributed by atoms with Gasteiger partial charge in [-0.2, -0.15) is 0 Å². The molecule has 2 amide bonds. The van der Waals surface area contributed by atoms with E-state index in [1.54, 1.807) is 19.1 Å². The molecule has 7 nitrogen and oxygen atoms in total. The number of benzene rings is 2. The van der Waals surface area contributed by atoms with E-state index in [-0.39, 0.29) is 19.0 Å². The number of nitrogens with one attached hydrogen (secondary N) is 1. The van der Waals surface area contributed by atoms with Gasteiger partial charge >= 0.3 is 0 Å². The number of anilines is 1. The Bertz CT molecular complexity index is 1070. The molecule has 1 fully saturated rings. The Morgan fingerprint density at radius 2 is 1.84 bits per heavy atom.